The maximum atomic E-state index is 4.34. The molecule has 2 aromatic heterocycles. The molecular weight excluding hydrogens is 436 g/mol. The molecule has 0 atom stereocenters. The van der Waals surface area contributed by atoms with E-state index in [1.54, 1.807) is 22.7 Å². The maximum absolute atomic E-state index is 4.34. The molecule has 0 bridgehead atoms. The second kappa shape index (κ2) is 9.67. The SMILES string of the molecule is c1ccc(Nc2nnc(Cc3cccc(Cc4nnc(Nc5ccccc5)s4)c3)s2)cc1. The van der Waals surface area contributed by atoms with Gasteiger partial charge in [-0.05, 0) is 35.4 Å². The van der Waals surface area contributed by atoms with Crippen molar-refractivity contribution in [1.29, 1.82) is 0 Å². The molecule has 0 unspecified atom stereocenters. The van der Waals surface area contributed by atoms with Crippen LogP contribution in [0.4, 0.5) is 21.6 Å². The van der Waals surface area contributed by atoms with Gasteiger partial charge in [0.05, 0.1) is 0 Å². The third kappa shape index (κ3) is 5.35. The van der Waals surface area contributed by atoms with Crippen LogP contribution in [0.2, 0.25) is 0 Å². The van der Waals surface area contributed by atoms with E-state index in [-0.39, 0.29) is 0 Å². The average Bonchev–Trinajstić information content (AvgIpc) is 3.44. The number of hydrogen-bond acceptors (Lipinski definition) is 8. The maximum Gasteiger partial charge on any atom is 0.210 e. The Bertz CT molecular complexity index is 1190. The molecule has 6 nitrogen and oxygen atoms in total. The van der Waals surface area contributed by atoms with E-state index in [1.165, 1.54) is 11.1 Å². The zero-order valence-corrected chi connectivity index (χ0v) is 18.7. The lowest BCUT2D eigenvalue weighted by molar-refractivity contribution is 0.991. The number of hydrogen-bond donors (Lipinski definition) is 2. The highest BCUT2D eigenvalue weighted by Gasteiger charge is 2.09. The van der Waals surface area contributed by atoms with Crippen LogP contribution in [0.5, 0.6) is 0 Å². The van der Waals surface area contributed by atoms with Crippen molar-refractivity contribution in [3.05, 3.63) is 106 Å². The Morgan fingerprint density at radius 2 is 1.00 bits per heavy atom. The van der Waals surface area contributed by atoms with Crippen LogP contribution in [0.25, 0.3) is 0 Å². The summed E-state index contributed by atoms with van der Waals surface area (Å²) >= 11 is 3.15. The van der Waals surface area contributed by atoms with Gasteiger partial charge in [0.1, 0.15) is 10.0 Å². The predicted octanol–water partition coefficient (Wildman–Crippen LogP) is 6.06. The molecule has 3 aromatic carbocycles. The molecule has 5 aromatic rings. The zero-order valence-electron chi connectivity index (χ0n) is 17.1. The Balaban J connectivity index is 1.22. The summed E-state index contributed by atoms with van der Waals surface area (Å²) in [4.78, 5) is 0. The number of para-hydroxylation sites is 2. The van der Waals surface area contributed by atoms with Gasteiger partial charge in [0.15, 0.2) is 0 Å². The first-order chi connectivity index (χ1) is 15.8. The monoisotopic (exact) mass is 456 g/mol. The van der Waals surface area contributed by atoms with E-state index in [0.29, 0.717) is 0 Å². The first-order valence-electron chi connectivity index (χ1n) is 10.2. The molecule has 0 amide bonds. The van der Waals surface area contributed by atoms with Gasteiger partial charge in [-0.15, -0.1) is 20.4 Å². The number of rotatable bonds is 8. The van der Waals surface area contributed by atoms with Gasteiger partial charge in [-0.25, -0.2) is 0 Å². The summed E-state index contributed by atoms with van der Waals surface area (Å²) in [5, 5.41) is 27.4. The summed E-state index contributed by atoms with van der Waals surface area (Å²) in [7, 11) is 0. The van der Waals surface area contributed by atoms with Crippen molar-refractivity contribution in [3.8, 4) is 0 Å². The molecule has 0 radical (unpaired) electrons. The molecular formula is C24H20N6S2. The van der Waals surface area contributed by atoms with Gasteiger partial charge < -0.3 is 10.6 Å². The van der Waals surface area contributed by atoms with Gasteiger partial charge >= 0.3 is 0 Å². The molecule has 0 fully saturated rings. The molecule has 0 spiro atoms. The molecule has 0 saturated heterocycles. The van der Waals surface area contributed by atoms with Gasteiger partial charge in [-0.3, -0.25) is 0 Å². The molecule has 0 aliphatic carbocycles. The molecule has 0 aliphatic rings. The van der Waals surface area contributed by atoms with Crippen LogP contribution in [0.15, 0.2) is 84.9 Å². The topological polar surface area (TPSA) is 75.6 Å². The number of nitrogens with one attached hydrogen (secondary N) is 2. The van der Waals surface area contributed by atoms with Crippen molar-refractivity contribution < 1.29 is 0 Å². The smallest absolute Gasteiger partial charge is 0.210 e. The van der Waals surface area contributed by atoms with Crippen molar-refractivity contribution in [1.82, 2.24) is 20.4 Å². The minimum absolute atomic E-state index is 0.749. The highest BCUT2D eigenvalue weighted by atomic mass is 32.1. The Kier molecular flexibility index (Phi) is 6.13. The zero-order chi connectivity index (χ0) is 21.6. The lowest BCUT2D eigenvalue weighted by atomic mass is 10.1. The Morgan fingerprint density at radius 1 is 0.531 bits per heavy atom. The third-order valence-electron chi connectivity index (χ3n) is 4.69. The van der Waals surface area contributed by atoms with Crippen LogP contribution in [0.3, 0.4) is 0 Å². The number of aromatic nitrogens is 4. The highest BCUT2D eigenvalue weighted by molar-refractivity contribution is 7.15. The quantitative estimate of drug-likeness (QED) is 0.296. The molecule has 0 saturated carbocycles. The molecule has 158 valence electrons. The summed E-state index contributed by atoms with van der Waals surface area (Å²) < 4.78 is 0. The van der Waals surface area contributed by atoms with E-state index in [2.05, 4.69) is 55.3 Å². The third-order valence-corrected chi connectivity index (χ3v) is 6.36. The lowest BCUT2D eigenvalue weighted by Crippen LogP contribution is -1.92. The Hall–Kier alpha value is -3.62. The van der Waals surface area contributed by atoms with Crippen molar-refractivity contribution in [2.75, 3.05) is 10.6 Å². The molecule has 2 heterocycles. The van der Waals surface area contributed by atoms with E-state index in [1.807, 2.05) is 60.7 Å². The molecule has 2 N–H and O–H groups in total. The van der Waals surface area contributed by atoms with E-state index in [9.17, 15) is 0 Å². The van der Waals surface area contributed by atoms with E-state index in [0.717, 1.165) is 44.5 Å². The summed E-state index contributed by atoms with van der Waals surface area (Å²) in [5.41, 5.74) is 4.43. The van der Waals surface area contributed by atoms with Crippen LogP contribution >= 0.6 is 22.7 Å². The highest BCUT2D eigenvalue weighted by Crippen LogP contribution is 2.25. The number of nitrogens with zero attached hydrogens (tertiary/aromatic N) is 4. The van der Waals surface area contributed by atoms with Crippen molar-refractivity contribution >= 4 is 44.3 Å². The average molecular weight is 457 g/mol. The largest absolute Gasteiger partial charge is 0.330 e. The molecule has 0 aliphatic heterocycles. The molecule has 5 rings (SSSR count). The number of benzene rings is 3. The fourth-order valence-corrected chi connectivity index (χ4v) is 4.83. The standard InChI is InChI=1S/C24H20N6S2/c1-3-10-19(11-4-1)25-23-29-27-21(31-23)15-17-8-7-9-18(14-17)16-22-28-30-24(32-22)26-20-12-5-2-6-13-20/h1-14H,15-16H2,(H,25,29)(H,26,30). The fraction of sp³-hybridized carbons (Fsp3) is 0.0833. The van der Waals surface area contributed by atoms with E-state index >= 15 is 0 Å². The van der Waals surface area contributed by atoms with Gasteiger partial charge in [0.25, 0.3) is 0 Å². The van der Waals surface area contributed by atoms with Gasteiger partial charge in [0.2, 0.25) is 10.3 Å². The predicted molar refractivity (Wildman–Crippen MR) is 131 cm³/mol. The lowest BCUT2D eigenvalue weighted by Gasteiger charge is -2.02. The van der Waals surface area contributed by atoms with Crippen LogP contribution < -0.4 is 10.6 Å². The van der Waals surface area contributed by atoms with E-state index in [4.69, 9.17) is 0 Å². The summed E-state index contributed by atoms with van der Waals surface area (Å²) in [6, 6.07) is 28.5. The Labute approximate surface area is 194 Å². The second-order valence-electron chi connectivity index (χ2n) is 7.16. The molecule has 8 heteroatoms. The second-order valence-corrected chi connectivity index (χ2v) is 9.28. The Morgan fingerprint density at radius 3 is 1.47 bits per heavy atom. The van der Waals surface area contributed by atoms with Crippen molar-refractivity contribution in [2.24, 2.45) is 0 Å². The van der Waals surface area contributed by atoms with Crippen LogP contribution in [-0.2, 0) is 12.8 Å². The van der Waals surface area contributed by atoms with Crippen LogP contribution in [0, 0.1) is 0 Å². The first-order valence-corrected chi connectivity index (χ1v) is 11.8. The summed E-state index contributed by atoms with van der Waals surface area (Å²) in [5.74, 6) is 0. The van der Waals surface area contributed by atoms with Crippen molar-refractivity contribution in [2.45, 2.75) is 12.8 Å². The van der Waals surface area contributed by atoms with Crippen LogP contribution in [-0.4, -0.2) is 20.4 Å². The summed E-state index contributed by atoms with van der Waals surface area (Å²) in [6.45, 7) is 0. The van der Waals surface area contributed by atoms with Crippen molar-refractivity contribution in [3.63, 3.8) is 0 Å². The number of anilines is 4. The normalized spacial score (nSPS) is 10.8. The fourth-order valence-electron chi connectivity index (χ4n) is 3.24. The minimum atomic E-state index is 0.749. The minimum Gasteiger partial charge on any atom is -0.330 e. The van der Waals surface area contributed by atoms with Gasteiger partial charge in [0, 0.05) is 24.2 Å². The molecule has 32 heavy (non-hydrogen) atoms. The van der Waals surface area contributed by atoms with E-state index < -0.39 is 0 Å². The summed E-state index contributed by atoms with van der Waals surface area (Å²) in [6.07, 6.45) is 1.50. The van der Waals surface area contributed by atoms with Crippen LogP contribution in [0.1, 0.15) is 21.1 Å². The first kappa shape index (κ1) is 20.3. The van der Waals surface area contributed by atoms with Gasteiger partial charge in [-0.2, -0.15) is 0 Å². The van der Waals surface area contributed by atoms with Gasteiger partial charge in [-0.1, -0.05) is 83.3 Å².